The lowest BCUT2D eigenvalue weighted by atomic mass is 11.0. The summed E-state index contributed by atoms with van der Waals surface area (Å²) in [6, 6.07) is 0. The second-order valence-electron chi connectivity index (χ2n) is 0. The summed E-state index contributed by atoms with van der Waals surface area (Å²) in [7, 11) is 0. The van der Waals surface area contributed by atoms with E-state index in [4.69, 9.17) is 0 Å². The van der Waals surface area contributed by atoms with E-state index in [9.17, 15) is 0 Å². The molecule has 0 aliphatic heterocycles. The van der Waals surface area contributed by atoms with Gasteiger partial charge >= 0.3 is 0 Å². The van der Waals surface area contributed by atoms with Crippen LogP contribution in [-0.4, -0.2) is 0 Å². The van der Waals surface area contributed by atoms with Gasteiger partial charge in [-0.1, -0.05) is 652 Å². The summed E-state index contributed by atoms with van der Waals surface area (Å²) in [6.45, 7) is 184. The SMILES string of the molecule is C.C.CC.CC.CC.CC.CC.CC.CC.CC.CC.CC.CC.CC.CC.CC.CC.CC.CC.CC.CC.CC.CC.CC.CC.CC.CC.CC.CC.CC.CC.CC.CC.CC.CC.CC.CC.CC.CC.CC.CC.CC.CC.CC.CC.CC.CC.CC. The van der Waals surface area contributed by atoms with Crippen LogP contribution in [0.4, 0.5) is 0 Å². The van der Waals surface area contributed by atoms with E-state index in [1.165, 1.54) is 0 Å². The molecule has 0 rings (SSSR count). The van der Waals surface area contributed by atoms with E-state index in [0.717, 1.165) is 0 Å². The first kappa shape index (κ1) is 384. The molecule has 0 nitrogen and oxygen atoms in total. The van der Waals surface area contributed by atoms with Crippen molar-refractivity contribution in [1.82, 2.24) is 0 Å². The lowest BCUT2D eigenvalue weighted by molar-refractivity contribution is 1.50. The maximum absolute atomic E-state index is 2.00. The van der Waals surface area contributed by atoms with Crippen molar-refractivity contribution in [2.75, 3.05) is 0 Å². The maximum Gasteiger partial charge on any atom is -0.0683 e. The Hall–Kier alpha value is 0. The third kappa shape index (κ3) is 0. The largest absolute Gasteiger partial charge is 0.0776 e. The summed E-state index contributed by atoms with van der Waals surface area (Å²) in [5, 5.41) is 0. The highest BCUT2D eigenvalue weighted by atomic mass is 13.1. The molecule has 0 heterocycles. The normalized spacial score (nSPS) is 2.94. The van der Waals surface area contributed by atoms with Crippen LogP contribution in [-0.2, 0) is 0 Å². The molecule has 0 aromatic carbocycles. The zero-order valence-electron chi connectivity index (χ0n) is 92.0. The van der Waals surface area contributed by atoms with Crippen molar-refractivity contribution >= 4 is 0 Å². The molecule has 0 fully saturated rings. The third-order valence-corrected chi connectivity index (χ3v) is 0. The molecule has 0 heteroatoms. The Kier molecular flexibility index (Phi) is 0. The van der Waals surface area contributed by atoms with Crippen LogP contribution in [0.1, 0.15) is 652 Å². The molecule has 0 aliphatic carbocycles. The molecular formula is C94H284. The Balaban J connectivity index is -0.00000000500. The fourth-order valence-electron chi connectivity index (χ4n) is 0. The van der Waals surface area contributed by atoms with Gasteiger partial charge in [-0.3, -0.25) is 0 Å². The minimum absolute atomic E-state index is 0. The van der Waals surface area contributed by atoms with Crippen molar-refractivity contribution in [2.24, 2.45) is 0 Å². The van der Waals surface area contributed by atoms with E-state index < -0.39 is 0 Å². The summed E-state index contributed by atoms with van der Waals surface area (Å²) < 4.78 is 0. The first-order chi connectivity index (χ1) is 46.0. The van der Waals surface area contributed by atoms with Crippen LogP contribution in [0.15, 0.2) is 0 Å². The van der Waals surface area contributed by atoms with Crippen LogP contribution < -0.4 is 0 Å². The highest BCUT2D eigenvalue weighted by molar-refractivity contribution is 3.59. The highest BCUT2D eigenvalue weighted by Crippen LogP contribution is 1.23. The van der Waals surface area contributed by atoms with Crippen LogP contribution in [0.2, 0.25) is 0 Å². The van der Waals surface area contributed by atoms with E-state index in [1.54, 1.807) is 0 Å². The number of rotatable bonds is 0. The quantitative estimate of drug-likeness (QED) is 0.227. The second kappa shape index (κ2) is 0. The van der Waals surface area contributed by atoms with Crippen LogP contribution in [0.25, 0.3) is 0 Å². The molecule has 0 radical (unpaired) electrons. The monoisotopic (exact) mass is 1410 g/mol. The van der Waals surface area contributed by atoms with Gasteiger partial charge < -0.3 is 0 Å². The van der Waals surface area contributed by atoms with Gasteiger partial charge in [-0.05, 0) is 0 Å². The number of hydrogen-bond donors (Lipinski definition) is 0. The smallest absolute Gasteiger partial charge is 0.0683 e. The summed E-state index contributed by atoms with van der Waals surface area (Å²) in [5.41, 5.74) is 0. The topological polar surface area (TPSA) is 0 Å². The molecule has 0 N–H and O–H groups in total. The van der Waals surface area contributed by atoms with Gasteiger partial charge in [-0.2, -0.15) is 0 Å². The Bertz CT molecular complexity index is 0. The van der Waals surface area contributed by atoms with Crippen molar-refractivity contribution in [1.29, 1.82) is 0 Å². The molecule has 660 valence electrons. The predicted molar refractivity (Wildman–Crippen MR) is 535 cm³/mol. The van der Waals surface area contributed by atoms with Crippen molar-refractivity contribution < 1.29 is 0 Å². The van der Waals surface area contributed by atoms with Gasteiger partial charge in [0.25, 0.3) is 0 Å². The minimum atomic E-state index is 0. The Morgan fingerprint density at radius 1 is 0.0319 bits per heavy atom. The van der Waals surface area contributed by atoms with Crippen LogP contribution in [0.3, 0.4) is 0 Å². The molecule has 0 saturated heterocycles. The average molecular weight is 1420 g/mol. The lowest BCUT2D eigenvalue weighted by Gasteiger charge is -1.07. The van der Waals surface area contributed by atoms with Gasteiger partial charge in [0, 0.05) is 0 Å². The summed E-state index contributed by atoms with van der Waals surface area (Å²) in [5.74, 6) is 0. The van der Waals surface area contributed by atoms with Gasteiger partial charge in [0.15, 0.2) is 0 Å². The van der Waals surface area contributed by atoms with Gasteiger partial charge in [-0.25, -0.2) is 0 Å². The fourth-order valence-corrected chi connectivity index (χ4v) is 0. The minimum Gasteiger partial charge on any atom is -0.0776 e. The molecule has 0 saturated carbocycles. The molecular weight excluding hydrogens is 1130 g/mol. The highest BCUT2D eigenvalue weighted by Gasteiger charge is 1.02. The Morgan fingerprint density at radius 2 is 0.0319 bits per heavy atom. The third-order valence-electron chi connectivity index (χ3n) is 0. The Morgan fingerprint density at radius 3 is 0.0319 bits per heavy atom. The molecule has 0 aliphatic rings. The fraction of sp³-hybridized carbons (Fsp3) is 1.00. The van der Waals surface area contributed by atoms with Crippen LogP contribution in [0, 0.1) is 0 Å². The second-order valence-corrected chi connectivity index (χ2v) is 0. The van der Waals surface area contributed by atoms with Crippen molar-refractivity contribution in [3.63, 3.8) is 0 Å². The summed E-state index contributed by atoms with van der Waals surface area (Å²) >= 11 is 0. The van der Waals surface area contributed by atoms with E-state index in [0.29, 0.717) is 0 Å². The van der Waals surface area contributed by atoms with Gasteiger partial charge in [0.1, 0.15) is 0 Å². The van der Waals surface area contributed by atoms with Gasteiger partial charge in [0.2, 0.25) is 0 Å². The van der Waals surface area contributed by atoms with Gasteiger partial charge in [0.05, 0.1) is 0 Å². The van der Waals surface area contributed by atoms with E-state index in [2.05, 4.69) is 0 Å². The number of hydrogen-bond acceptors (Lipinski definition) is 0. The molecule has 0 atom stereocenters. The zero-order chi connectivity index (χ0) is 92.0. The van der Waals surface area contributed by atoms with Crippen molar-refractivity contribution in [3.8, 4) is 0 Å². The molecule has 0 amide bonds. The van der Waals surface area contributed by atoms with Crippen molar-refractivity contribution in [2.45, 2.75) is 652 Å². The molecule has 0 bridgehead atoms. The molecule has 0 aromatic rings. The van der Waals surface area contributed by atoms with Crippen molar-refractivity contribution in [3.05, 3.63) is 0 Å². The molecule has 0 unspecified atom stereocenters. The van der Waals surface area contributed by atoms with Crippen LogP contribution in [0.5, 0.6) is 0 Å². The molecule has 0 aromatic heterocycles. The summed E-state index contributed by atoms with van der Waals surface area (Å²) in [6.07, 6.45) is 0. The predicted octanol–water partition coefficient (Wildman–Crippen LogP) is 48.5. The standard InChI is InChI=1S/46C2H6.2CH4/c46*1-2;;/h46*1-2H3;2*1H4. The van der Waals surface area contributed by atoms with Crippen LogP contribution >= 0.6 is 0 Å². The summed E-state index contributed by atoms with van der Waals surface area (Å²) in [4.78, 5) is 0. The molecule has 0 spiro atoms. The van der Waals surface area contributed by atoms with E-state index in [-0.39, 0.29) is 14.9 Å². The average Bonchev–Trinajstić information content (AvgIpc) is 3.81. The first-order valence-electron chi connectivity index (χ1n) is 46.0. The maximum atomic E-state index is 2.00. The molecule has 94 heavy (non-hydrogen) atoms. The first-order valence-corrected chi connectivity index (χ1v) is 46.0. The lowest BCUT2D eigenvalue weighted by Crippen LogP contribution is -0.856. The zero-order valence-corrected chi connectivity index (χ0v) is 92.0. The van der Waals surface area contributed by atoms with Gasteiger partial charge in [-0.15, -0.1) is 0 Å². The van der Waals surface area contributed by atoms with E-state index >= 15 is 0 Å². The Labute approximate surface area is 648 Å². The van der Waals surface area contributed by atoms with E-state index in [1.807, 2.05) is 637 Å².